The van der Waals surface area contributed by atoms with E-state index in [4.69, 9.17) is 12.2 Å². The average Bonchev–Trinajstić information content (AvgIpc) is 2.32. The molecule has 1 aromatic carbocycles. The summed E-state index contributed by atoms with van der Waals surface area (Å²) in [5.41, 5.74) is 3.68. The lowest BCUT2D eigenvalue weighted by Crippen LogP contribution is -1.97. The SMILES string of the molecule is CCc1c(-c2cc(F)ccc2C)[nH]cnc1=S. The number of aromatic amines is 1. The Labute approximate surface area is 105 Å². The van der Waals surface area contributed by atoms with Crippen LogP contribution in [0.1, 0.15) is 18.1 Å². The first kappa shape index (κ1) is 11.9. The molecular weight excluding hydrogens is 235 g/mol. The van der Waals surface area contributed by atoms with Crippen molar-refractivity contribution in [1.29, 1.82) is 0 Å². The second-order valence-corrected chi connectivity index (χ2v) is 4.26. The zero-order chi connectivity index (χ0) is 12.4. The summed E-state index contributed by atoms with van der Waals surface area (Å²) < 4.78 is 13.9. The Bertz CT molecular complexity index is 605. The normalized spacial score (nSPS) is 10.5. The molecule has 2 nitrogen and oxygen atoms in total. The Balaban J connectivity index is 2.72. The molecule has 17 heavy (non-hydrogen) atoms. The van der Waals surface area contributed by atoms with Gasteiger partial charge in [-0.2, -0.15) is 0 Å². The van der Waals surface area contributed by atoms with Crippen molar-refractivity contribution in [3.05, 3.63) is 46.1 Å². The van der Waals surface area contributed by atoms with E-state index in [0.29, 0.717) is 4.64 Å². The Kier molecular flexibility index (Phi) is 3.33. The number of halogens is 1. The molecule has 0 fully saturated rings. The molecule has 0 spiro atoms. The first-order valence-corrected chi connectivity index (χ1v) is 5.87. The summed E-state index contributed by atoms with van der Waals surface area (Å²) >= 11 is 5.19. The van der Waals surface area contributed by atoms with Gasteiger partial charge >= 0.3 is 0 Å². The third kappa shape index (κ3) is 2.26. The van der Waals surface area contributed by atoms with Gasteiger partial charge in [0.15, 0.2) is 0 Å². The van der Waals surface area contributed by atoms with E-state index in [-0.39, 0.29) is 5.82 Å². The van der Waals surface area contributed by atoms with E-state index in [1.807, 2.05) is 13.8 Å². The van der Waals surface area contributed by atoms with Crippen molar-refractivity contribution in [3.63, 3.8) is 0 Å². The highest BCUT2D eigenvalue weighted by atomic mass is 32.1. The first-order chi connectivity index (χ1) is 8.13. The van der Waals surface area contributed by atoms with Gasteiger partial charge in [-0.1, -0.05) is 25.2 Å². The number of hydrogen-bond donors (Lipinski definition) is 1. The first-order valence-electron chi connectivity index (χ1n) is 5.46. The van der Waals surface area contributed by atoms with Crippen molar-refractivity contribution in [1.82, 2.24) is 9.97 Å². The van der Waals surface area contributed by atoms with E-state index in [1.54, 1.807) is 12.4 Å². The molecule has 88 valence electrons. The Hall–Kier alpha value is -1.55. The molecular formula is C13H13FN2S. The maximum absolute atomic E-state index is 13.3. The summed E-state index contributed by atoms with van der Waals surface area (Å²) in [5.74, 6) is -0.246. The number of benzene rings is 1. The Morgan fingerprint density at radius 1 is 1.41 bits per heavy atom. The zero-order valence-corrected chi connectivity index (χ0v) is 10.6. The Morgan fingerprint density at radius 3 is 2.88 bits per heavy atom. The van der Waals surface area contributed by atoms with E-state index < -0.39 is 0 Å². The van der Waals surface area contributed by atoms with Crippen molar-refractivity contribution < 1.29 is 4.39 Å². The van der Waals surface area contributed by atoms with Crippen LogP contribution in [0.2, 0.25) is 0 Å². The van der Waals surface area contributed by atoms with Crippen molar-refractivity contribution in [2.75, 3.05) is 0 Å². The van der Waals surface area contributed by atoms with Gasteiger partial charge in [0.1, 0.15) is 10.5 Å². The minimum absolute atomic E-state index is 0.246. The summed E-state index contributed by atoms with van der Waals surface area (Å²) in [5, 5.41) is 0. The van der Waals surface area contributed by atoms with Gasteiger partial charge in [0, 0.05) is 11.1 Å². The molecule has 0 unspecified atom stereocenters. The quantitative estimate of drug-likeness (QED) is 0.818. The van der Waals surface area contributed by atoms with Crippen LogP contribution in [0.5, 0.6) is 0 Å². The second kappa shape index (κ2) is 4.75. The van der Waals surface area contributed by atoms with Gasteiger partial charge in [0.25, 0.3) is 0 Å². The summed E-state index contributed by atoms with van der Waals surface area (Å²) in [6.07, 6.45) is 2.33. The van der Waals surface area contributed by atoms with E-state index in [9.17, 15) is 4.39 Å². The molecule has 0 aliphatic rings. The van der Waals surface area contributed by atoms with E-state index in [0.717, 1.165) is 28.8 Å². The fourth-order valence-corrected chi connectivity index (χ4v) is 2.16. The van der Waals surface area contributed by atoms with Gasteiger partial charge in [0.2, 0.25) is 0 Å². The number of aromatic nitrogens is 2. The molecule has 2 aromatic rings. The summed E-state index contributed by atoms with van der Waals surface area (Å²) in [4.78, 5) is 7.12. The van der Waals surface area contributed by atoms with Crippen molar-refractivity contribution >= 4 is 12.2 Å². The standard InChI is InChI=1S/C13H13FN2S/c1-3-10-12(15-7-16-13(10)17)11-6-9(14)5-4-8(11)2/h4-7H,3H2,1-2H3,(H,15,16,17). The number of hydrogen-bond acceptors (Lipinski definition) is 2. The molecule has 0 saturated carbocycles. The number of aryl methyl sites for hydroxylation is 1. The molecule has 2 rings (SSSR count). The topological polar surface area (TPSA) is 28.7 Å². The summed E-state index contributed by atoms with van der Waals surface area (Å²) in [6, 6.07) is 4.75. The third-order valence-corrected chi connectivity index (χ3v) is 3.12. The van der Waals surface area contributed by atoms with Crippen LogP contribution in [0, 0.1) is 17.4 Å². The van der Waals surface area contributed by atoms with E-state index in [2.05, 4.69) is 9.97 Å². The van der Waals surface area contributed by atoms with Crippen LogP contribution in [0.15, 0.2) is 24.5 Å². The molecule has 1 aromatic heterocycles. The molecule has 0 bridgehead atoms. The second-order valence-electron chi connectivity index (χ2n) is 3.87. The lowest BCUT2D eigenvalue weighted by Gasteiger charge is -2.10. The molecule has 0 aliphatic carbocycles. The van der Waals surface area contributed by atoms with Crippen LogP contribution in [0.25, 0.3) is 11.3 Å². The molecule has 1 N–H and O–H groups in total. The number of H-pyrrole nitrogens is 1. The van der Waals surface area contributed by atoms with Crippen LogP contribution in [0.4, 0.5) is 4.39 Å². The maximum Gasteiger partial charge on any atom is 0.133 e. The van der Waals surface area contributed by atoms with E-state index in [1.165, 1.54) is 12.1 Å². The fourth-order valence-electron chi connectivity index (χ4n) is 1.86. The van der Waals surface area contributed by atoms with Crippen LogP contribution in [-0.2, 0) is 6.42 Å². The van der Waals surface area contributed by atoms with Gasteiger partial charge in [-0.15, -0.1) is 0 Å². The number of rotatable bonds is 2. The maximum atomic E-state index is 13.3. The molecule has 0 amide bonds. The summed E-state index contributed by atoms with van der Waals surface area (Å²) in [6.45, 7) is 3.96. The molecule has 1 heterocycles. The highest BCUT2D eigenvalue weighted by Crippen LogP contribution is 2.25. The van der Waals surface area contributed by atoms with Crippen LogP contribution >= 0.6 is 12.2 Å². The highest BCUT2D eigenvalue weighted by molar-refractivity contribution is 7.71. The zero-order valence-electron chi connectivity index (χ0n) is 9.75. The molecule has 0 saturated heterocycles. The monoisotopic (exact) mass is 248 g/mol. The van der Waals surface area contributed by atoms with Crippen molar-refractivity contribution in [3.8, 4) is 11.3 Å². The lowest BCUT2D eigenvalue weighted by molar-refractivity contribution is 0.628. The third-order valence-electron chi connectivity index (χ3n) is 2.77. The Morgan fingerprint density at radius 2 is 2.18 bits per heavy atom. The predicted molar refractivity (Wildman–Crippen MR) is 68.9 cm³/mol. The fraction of sp³-hybridized carbons (Fsp3) is 0.231. The van der Waals surface area contributed by atoms with Gasteiger partial charge in [-0.05, 0) is 31.0 Å². The van der Waals surface area contributed by atoms with Gasteiger partial charge in [-0.3, -0.25) is 0 Å². The highest BCUT2D eigenvalue weighted by Gasteiger charge is 2.09. The van der Waals surface area contributed by atoms with Gasteiger partial charge < -0.3 is 4.98 Å². The van der Waals surface area contributed by atoms with Gasteiger partial charge in [0.05, 0.1) is 12.0 Å². The molecule has 0 radical (unpaired) electrons. The van der Waals surface area contributed by atoms with Crippen molar-refractivity contribution in [2.45, 2.75) is 20.3 Å². The summed E-state index contributed by atoms with van der Waals surface area (Å²) in [7, 11) is 0. The van der Waals surface area contributed by atoms with Crippen LogP contribution < -0.4 is 0 Å². The number of nitrogens with one attached hydrogen (secondary N) is 1. The van der Waals surface area contributed by atoms with Gasteiger partial charge in [-0.25, -0.2) is 9.37 Å². The molecule has 0 atom stereocenters. The minimum Gasteiger partial charge on any atom is -0.346 e. The molecule has 0 aliphatic heterocycles. The number of nitrogens with zero attached hydrogens (tertiary/aromatic N) is 1. The average molecular weight is 248 g/mol. The smallest absolute Gasteiger partial charge is 0.133 e. The van der Waals surface area contributed by atoms with E-state index >= 15 is 0 Å². The molecule has 4 heteroatoms. The van der Waals surface area contributed by atoms with Crippen molar-refractivity contribution in [2.24, 2.45) is 0 Å². The van der Waals surface area contributed by atoms with Crippen LogP contribution in [-0.4, -0.2) is 9.97 Å². The lowest BCUT2D eigenvalue weighted by atomic mass is 10.0. The predicted octanol–water partition coefficient (Wildman–Crippen LogP) is 3.82. The largest absolute Gasteiger partial charge is 0.346 e. The minimum atomic E-state index is -0.246. The van der Waals surface area contributed by atoms with Crippen LogP contribution in [0.3, 0.4) is 0 Å².